The summed E-state index contributed by atoms with van der Waals surface area (Å²) >= 11 is 0. The van der Waals surface area contributed by atoms with Crippen molar-refractivity contribution in [3.8, 4) is 0 Å². The Hall–Kier alpha value is -1.56. The average molecular weight is 265 g/mol. The summed E-state index contributed by atoms with van der Waals surface area (Å²) in [6.45, 7) is 6.08. The largest absolute Gasteiger partial charge is 0.383 e. The third kappa shape index (κ3) is 3.70. The first kappa shape index (κ1) is 13.9. The molecule has 1 aliphatic carbocycles. The summed E-state index contributed by atoms with van der Waals surface area (Å²) < 4.78 is 7.05. The van der Waals surface area contributed by atoms with Gasteiger partial charge in [0, 0.05) is 24.4 Å². The van der Waals surface area contributed by atoms with Crippen LogP contribution in [0.3, 0.4) is 0 Å². The number of methoxy groups -OCH3 is 1. The van der Waals surface area contributed by atoms with E-state index in [1.54, 1.807) is 7.11 Å². The molecule has 0 spiro atoms. The minimum Gasteiger partial charge on any atom is -0.383 e. The molecule has 0 radical (unpaired) electrons. The second-order valence-electron chi connectivity index (χ2n) is 4.99. The Morgan fingerprint density at radius 2 is 2.26 bits per heavy atom. The summed E-state index contributed by atoms with van der Waals surface area (Å²) in [6, 6.07) is 0.537. The van der Waals surface area contributed by atoms with E-state index in [2.05, 4.69) is 22.3 Å². The topological polar surface area (TPSA) is 77.5 Å². The van der Waals surface area contributed by atoms with E-state index in [9.17, 15) is 0 Å². The van der Waals surface area contributed by atoms with Crippen molar-refractivity contribution >= 4 is 5.96 Å². The summed E-state index contributed by atoms with van der Waals surface area (Å²) in [6.07, 6.45) is 2.40. The second kappa shape index (κ2) is 6.06. The van der Waals surface area contributed by atoms with Crippen LogP contribution in [-0.2, 0) is 17.8 Å². The number of ether oxygens (including phenoxy) is 1. The van der Waals surface area contributed by atoms with Gasteiger partial charge in [0.25, 0.3) is 0 Å². The monoisotopic (exact) mass is 265 g/mol. The molecule has 1 aromatic heterocycles. The van der Waals surface area contributed by atoms with E-state index < -0.39 is 0 Å². The molecule has 6 nitrogen and oxygen atoms in total. The van der Waals surface area contributed by atoms with Gasteiger partial charge in [-0.25, -0.2) is 4.99 Å². The Labute approximate surface area is 114 Å². The van der Waals surface area contributed by atoms with Crippen molar-refractivity contribution in [2.45, 2.75) is 45.8 Å². The normalized spacial score (nSPS) is 15.8. The van der Waals surface area contributed by atoms with E-state index in [1.807, 2.05) is 11.6 Å². The molecule has 0 aromatic carbocycles. The standard InChI is InChI=1S/C13H23N5O/c1-9-12(8-15-13(14)16-11-4-5-11)10(2)18(17-9)6-7-19-3/h11H,4-8H2,1-3H3,(H3,14,15,16). The van der Waals surface area contributed by atoms with Gasteiger partial charge in [0.1, 0.15) is 0 Å². The molecular formula is C13H23N5O. The maximum absolute atomic E-state index is 5.84. The van der Waals surface area contributed by atoms with Crippen LogP contribution in [0.1, 0.15) is 29.8 Å². The van der Waals surface area contributed by atoms with Crippen LogP contribution in [0.15, 0.2) is 4.99 Å². The zero-order chi connectivity index (χ0) is 13.8. The summed E-state index contributed by atoms with van der Waals surface area (Å²) in [7, 11) is 1.70. The molecule has 1 saturated carbocycles. The number of aliphatic imine (C=N–C) groups is 1. The Morgan fingerprint density at radius 1 is 1.53 bits per heavy atom. The lowest BCUT2D eigenvalue weighted by Gasteiger charge is -2.05. The predicted molar refractivity (Wildman–Crippen MR) is 75.1 cm³/mol. The maximum Gasteiger partial charge on any atom is 0.189 e. The highest BCUT2D eigenvalue weighted by atomic mass is 16.5. The lowest BCUT2D eigenvalue weighted by Crippen LogP contribution is -2.33. The number of aryl methyl sites for hydroxylation is 1. The molecule has 0 unspecified atom stereocenters. The van der Waals surface area contributed by atoms with Gasteiger partial charge in [-0.15, -0.1) is 0 Å². The van der Waals surface area contributed by atoms with Crippen LogP contribution >= 0.6 is 0 Å². The van der Waals surface area contributed by atoms with E-state index in [0.717, 1.165) is 23.5 Å². The first-order valence-electron chi connectivity index (χ1n) is 6.70. The summed E-state index contributed by atoms with van der Waals surface area (Å²) in [4.78, 5) is 4.39. The molecule has 106 valence electrons. The highest BCUT2D eigenvalue weighted by Crippen LogP contribution is 2.18. The Morgan fingerprint density at radius 3 is 2.89 bits per heavy atom. The van der Waals surface area contributed by atoms with Crippen molar-refractivity contribution in [2.75, 3.05) is 13.7 Å². The first-order valence-corrected chi connectivity index (χ1v) is 6.70. The van der Waals surface area contributed by atoms with Crippen LogP contribution < -0.4 is 11.1 Å². The SMILES string of the molecule is COCCn1nc(C)c(CN=C(N)NC2CC2)c1C. The zero-order valence-corrected chi connectivity index (χ0v) is 11.9. The van der Waals surface area contributed by atoms with Gasteiger partial charge in [-0.1, -0.05) is 0 Å². The highest BCUT2D eigenvalue weighted by Gasteiger charge is 2.21. The number of aromatic nitrogens is 2. The molecule has 0 amide bonds. The maximum atomic E-state index is 5.84. The fraction of sp³-hybridized carbons (Fsp3) is 0.692. The van der Waals surface area contributed by atoms with E-state index in [4.69, 9.17) is 10.5 Å². The summed E-state index contributed by atoms with van der Waals surface area (Å²) in [5.74, 6) is 0.533. The van der Waals surface area contributed by atoms with Gasteiger partial charge in [0.15, 0.2) is 5.96 Å². The molecule has 0 saturated heterocycles. The third-order valence-corrected chi connectivity index (χ3v) is 3.38. The fourth-order valence-electron chi connectivity index (χ4n) is 2.00. The van der Waals surface area contributed by atoms with Crippen molar-refractivity contribution in [1.29, 1.82) is 0 Å². The van der Waals surface area contributed by atoms with Crippen LogP contribution in [0.4, 0.5) is 0 Å². The Bertz CT molecular complexity index is 462. The van der Waals surface area contributed by atoms with E-state index in [-0.39, 0.29) is 0 Å². The third-order valence-electron chi connectivity index (χ3n) is 3.38. The molecule has 1 aromatic rings. The van der Waals surface area contributed by atoms with Gasteiger partial charge in [0.05, 0.1) is 25.4 Å². The molecular weight excluding hydrogens is 242 g/mol. The number of nitrogens with one attached hydrogen (secondary N) is 1. The number of nitrogens with zero attached hydrogens (tertiary/aromatic N) is 3. The smallest absolute Gasteiger partial charge is 0.189 e. The van der Waals surface area contributed by atoms with E-state index in [0.29, 0.717) is 25.2 Å². The molecule has 0 aliphatic heterocycles. The van der Waals surface area contributed by atoms with Gasteiger partial charge >= 0.3 is 0 Å². The highest BCUT2D eigenvalue weighted by molar-refractivity contribution is 5.78. The van der Waals surface area contributed by atoms with Crippen molar-refractivity contribution in [3.63, 3.8) is 0 Å². The molecule has 1 aliphatic rings. The van der Waals surface area contributed by atoms with Crippen LogP contribution in [-0.4, -0.2) is 35.5 Å². The van der Waals surface area contributed by atoms with Gasteiger partial charge < -0.3 is 15.8 Å². The van der Waals surface area contributed by atoms with Gasteiger partial charge in [-0.05, 0) is 26.7 Å². The van der Waals surface area contributed by atoms with Crippen molar-refractivity contribution in [1.82, 2.24) is 15.1 Å². The number of rotatable bonds is 6. The van der Waals surface area contributed by atoms with E-state index >= 15 is 0 Å². The fourth-order valence-corrected chi connectivity index (χ4v) is 2.00. The molecule has 0 bridgehead atoms. The molecule has 3 N–H and O–H groups in total. The van der Waals surface area contributed by atoms with Crippen LogP contribution in [0.5, 0.6) is 0 Å². The number of nitrogens with two attached hydrogens (primary N) is 1. The molecule has 0 atom stereocenters. The minimum absolute atomic E-state index is 0.533. The molecule has 1 fully saturated rings. The second-order valence-corrected chi connectivity index (χ2v) is 4.99. The van der Waals surface area contributed by atoms with Gasteiger partial charge in [0.2, 0.25) is 0 Å². The van der Waals surface area contributed by atoms with Gasteiger partial charge in [-0.2, -0.15) is 5.10 Å². The minimum atomic E-state index is 0.533. The number of guanidine groups is 1. The zero-order valence-electron chi connectivity index (χ0n) is 11.9. The molecule has 6 heteroatoms. The Kier molecular flexibility index (Phi) is 4.42. The van der Waals surface area contributed by atoms with Crippen molar-refractivity contribution < 1.29 is 4.74 Å². The molecule has 2 rings (SSSR count). The summed E-state index contributed by atoms with van der Waals surface area (Å²) in [5.41, 5.74) is 9.14. The summed E-state index contributed by atoms with van der Waals surface area (Å²) in [5, 5.41) is 7.69. The average Bonchev–Trinajstić information content (AvgIpc) is 3.13. The van der Waals surface area contributed by atoms with Crippen LogP contribution in [0.25, 0.3) is 0 Å². The number of hydrogen-bond donors (Lipinski definition) is 2. The lowest BCUT2D eigenvalue weighted by atomic mass is 10.2. The van der Waals surface area contributed by atoms with Crippen molar-refractivity contribution in [2.24, 2.45) is 10.7 Å². The van der Waals surface area contributed by atoms with Gasteiger partial charge in [-0.3, -0.25) is 4.68 Å². The van der Waals surface area contributed by atoms with E-state index in [1.165, 1.54) is 12.8 Å². The number of hydrogen-bond acceptors (Lipinski definition) is 3. The van der Waals surface area contributed by atoms with Crippen LogP contribution in [0.2, 0.25) is 0 Å². The molecule has 19 heavy (non-hydrogen) atoms. The van der Waals surface area contributed by atoms with Crippen molar-refractivity contribution in [3.05, 3.63) is 17.0 Å². The Balaban J connectivity index is 2.00. The quantitative estimate of drug-likeness (QED) is 0.586. The van der Waals surface area contributed by atoms with Crippen LogP contribution in [0, 0.1) is 13.8 Å². The first-order chi connectivity index (χ1) is 9.11. The predicted octanol–water partition coefficient (Wildman–Crippen LogP) is 0.713. The lowest BCUT2D eigenvalue weighted by molar-refractivity contribution is 0.182. The molecule has 1 heterocycles.